The van der Waals surface area contributed by atoms with Gasteiger partial charge in [-0.2, -0.15) is 13.2 Å². The molecule has 248 valence electrons. The van der Waals surface area contributed by atoms with Crippen LogP contribution in [-0.4, -0.2) is 95.4 Å². The van der Waals surface area contributed by atoms with E-state index in [1.165, 1.54) is 23.1 Å². The number of aliphatic hydroxyl groups excluding tert-OH is 1. The number of alkyl halides is 3. The van der Waals surface area contributed by atoms with E-state index in [-0.39, 0.29) is 54.6 Å². The van der Waals surface area contributed by atoms with E-state index in [0.29, 0.717) is 18.6 Å². The third kappa shape index (κ3) is 11.0. The van der Waals surface area contributed by atoms with Gasteiger partial charge in [-0.05, 0) is 63.4 Å². The third-order valence-corrected chi connectivity index (χ3v) is 7.70. The molecule has 2 N–H and O–H groups in total. The van der Waals surface area contributed by atoms with Gasteiger partial charge in [-0.1, -0.05) is 6.92 Å². The van der Waals surface area contributed by atoms with Crippen molar-refractivity contribution in [3.05, 3.63) is 53.9 Å². The summed E-state index contributed by atoms with van der Waals surface area (Å²) >= 11 is 0. The predicted molar refractivity (Wildman–Crippen MR) is 162 cm³/mol. The van der Waals surface area contributed by atoms with Crippen molar-refractivity contribution in [3.8, 4) is 5.75 Å². The lowest BCUT2D eigenvalue weighted by Crippen LogP contribution is -2.48. The lowest BCUT2D eigenvalue weighted by Gasteiger charge is -2.36. The highest BCUT2D eigenvalue weighted by Crippen LogP contribution is 2.29. The van der Waals surface area contributed by atoms with Gasteiger partial charge in [0.25, 0.3) is 11.8 Å². The monoisotopic (exact) mass is 636 g/mol. The molecule has 0 fully saturated rings. The van der Waals surface area contributed by atoms with E-state index in [4.69, 9.17) is 9.47 Å². The fourth-order valence-corrected chi connectivity index (χ4v) is 5.01. The van der Waals surface area contributed by atoms with Crippen molar-refractivity contribution >= 4 is 23.4 Å². The van der Waals surface area contributed by atoms with E-state index in [2.05, 4.69) is 10.3 Å². The zero-order valence-electron chi connectivity index (χ0n) is 26.2. The summed E-state index contributed by atoms with van der Waals surface area (Å²) in [6.45, 7) is 5.96. The van der Waals surface area contributed by atoms with Gasteiger partial charge in [0.15, 0.2) is 0 Å². The number of carbonyl (C=O) groups is 3. The maximum absolute atomic E-state index is 14.1. The third-order valence-electron chi connectivity index (χ3n) is 7.70. The Balaban J connectivity index is 1.91. The first-order valence-electron chi connectivity index (χ1n) is 15.1. The molecule has 1 aromatic heterocycles. The van der Waals surface area contributed by atoms with Crippen LogP contribution in [-0.2, 0) is 9.53 Å². The molecule has 2 aromatic rings. The molecule has 2 heterocycles. The molecule has 0 saturated carbocycles. The number of likely N-dealkylation sites (N-methyl/N-ethyl adjacent to an activating group) is 1. The van der Waals surface area contributed by atoms with Crippen LogP contribution in [0.2, 0.25) is 0 Å². The highest BCUT2D eigenvalue weighted by Gasteiger charge is 2.32. The van der Waals surface area contributed by atoms with Gasteiger partial charge in [0.05, 0.1) is 36.8 Å². The largest absolute Gasteiger partial charge is 0.490 e. The molecule has 0 saturated heterocycles. The van der Waals surface area contributed by atoms with Gasteiger partial charge in [-0.15, -0.1) is 0 Å². The van der Waals surface area contributed by atoms with Gasteiger partial charge >= 0.3 is 6.18 Å². The molecular weight excluding hydrogens is 593 g/mol. The van der Waals surface area contributed by atoms with Crippen LogP contribution in [0.5, 0.6) is 5.75 Å². The first kappa shape index (κ1) is 35.8. The molecule has 0 bridgehead atoms. The number of aromatic nitrogens is 1. The summed E-state index contributed by atoms with van der Waals surface area (Å²) in [4.78, 5) is 46.5. The molecule has 3 amide bonds. The average molecular weight is 637 g/mol. The lowest BCUT2D eigenvalue weighted by molar-refractivity contribution is -0.142. The quantitative estimate of drug-likeness (QED) is 0.422. The molecule has 13 heteroatoms. The zero-order valence-corrected chi connectivity index (χ0v) is 26.2. The number of benzene rings is 1. The molecule has 10 nitrogen and oxygen atoms in total. The highest BCUT2D eigenvalue weighted by molar-refractivity contribution is 5.99. The van der Waals surface area contributed by atoms with Gasteiger partial charge in [0, 0.05) is 62.7 Å². The van der Waals surface area contributed by atoms with Crippen LogP contribution >= 0.6 is 0 Å². The van der Waals surface area contributed by atoms with Crippen molar-refractivity contribution in [2.75, 3.05) is 38.7 Å². The minimum absolute atomic E-state index is 0.0995. The van der Waals surface area contributed by atoms with Crippen molar-refractivity contribution in [2.24, 2.45) is 5.92 Å². The zero-order chi connectivity index (χ0) is 33.1. The molecule has 0 spiro atoms. The number of hydrogen-bond donors (Lipinski definition) is 2. The molecule has 1 aliphatic rings. The number of ether oxygens (including phenoxy) is 2. The summed E-state index contributed by atoms with van der Waals surface area (Å²) in [5, 5.41) is 12.5. The molecule has 4 atom stereocenters. The second-order valence-corrected chi connectivity index (χ2v) is 11.6. The molecule has 0 radical (unpaired) electrons. The maximum atomic E-state index is 14.1. The SMILES string of the molecule is C[C@@H]1CCCCO[C@@H](CN(C)C(=O)c2ccncc2)[C@H](C)CN([C@H](C)CO)C(=O)c2cc(NC(=O)CCC(F)(F)F)ccc2O1. The number of rotatable bonds is 8. The van der Waals surface area contributed by atoms with Crippen LogP contribution in [0.25, 0.3) is 0 Å². The molecule has 0 unspecified atom stereocenters. The number of anilines is 1. The number of carbonyl (C=O) groups excluding carboxylic acids is 3. The van der Waals surface area contributed by atoms with Crippen LogP contribution in [0.1, 0.15) is 73.6 Å². The second-order valence-electron chi connectivity index (χ2n) is 11.6. The first-order chi connectivity index (χ1) is 21.3. The number of amides is 3. The number of nitrogens with zero attached hydrogens (tertiary/aromatic N) is 3. The molecule has 3 rings (SSSR count). The second kappa shape index (κ2) is 16.6. The molecule has 0 aliphatic carbocycles. The Morgan fingerprint density at radius 3 is 2.56 bits per heavy atom. The maximum Gasteiger partial charge on any atom is 0.389 e. The average Bonchev–Trinajstić information content (AvgIpc) is 3.01. The predicted octanol–water partition coefficient (Wildman–Crippen LogP) is 4.93. The van der Waals surface area contributed by atoms with Crippen LogP contribution in [0.4, 0.5) is 18.9 Å². The highest BCUT2D eigenvalue weighted by atomic mass is 19.4. The fraction of sp³-hybridized carbons (Fsp3) is 0.562. The Morgan fingerprint density at radius 2 is 1.89 bits per heavy atom. The van der Waals surface area contributed by atoms with Gasteiger partial charge in [0.1, 0.15) is 5.75 Å². The van der Waals surface area contributed by atoms with Crippen LogP contribution in [0, 0.1) is 5.92 Å². The number of fused-ring (bicyclic) bond motifs is 1. The summed E-state index contributed by atoms with van der Waals surface area (Å²) < 4.78 is 50.3. The normalized spacial score (nSPS) is 20.8. The van der Waals surface area contributed by atoms with E-state index in [0.717, 1.165) is 12.8 Å². The Hall–Kier alpha value is -3.71. The molecule has 1 aliphatic heterocycles. The minimum atomic E-state index is -4.48. The van der Waals surface area contributed by atoms with Gasteiger partial charge < -0.3 is 29.7 Å². The Kier molecular flexibility index (Phi) is 13.2. The number of halogens is 3. The van der Waals surface area contributed by atoms with E-state index in [9.17, 15) is 32.7 Å². The molecule has 1 aromatic carbocycles. The van der Waals surface area contributed by atoms with E-state index in [1.54, 1.807) is 43.4 Å². The summed E-state index contributed by atoms with van der Waals surface area (Å²) in [5.74, 6) is -1.55. The molecular formula is C32H43F3N4O6. The number of aliphatic hydroxyl groups is 1. The van der Waals surface area contributed by atoms with Crippen LogP contribution in [0.3, 0.4) is 0 Å². The van der Waals surface area contributed by atoms with Gasteiger partial charge in [-0.25, -0.2) is 0 Å². The topological polar surface area (TPSA) is 121 Å². The van der Waals surface area contributed by atoms with Crippen LogP contribution in [0.15, 0.2) is 42.7 Å². The number of pyridine rings is 1. The summed E-state index contributed by atoms with van der Waals surface area (Å²) in [7, 11) is 1.68. The van der Waals surface area contributed by atoms with E-state index in [1.807, 2.05) is 13.8 Å². The van der Waals surface area contributed by atoms with Crippen molar-refractivity contribution in [2.45, 2.75) is 77.3 Å². The Morgan fingerprint density at radius 1 is 1.18 bits per heavy atom. The van der Waals surface area contributed by atoms with Crippen LogP contribution < -0.4 is 10.1 Å². The fourth-order valence-electron chi connectivity index (χ4n) is 5.01. The Labute approximate surface area is 261 Å². The van der Waals surface area contributed by atoms with Crippen molar-refractivity contribution < 1.29 is 42.1 Å². The summed E-state index contributed by atoms with van der Waals surface area (Å²) in [5.41, 5.74) is 0.731. The summed E-state index contributed by atoms with van der Waals surface area (Å²) in [6.07, 6.45) is -1.97. The Bertz CT molecular complexity index is 1280. The van der Waals surface area contributed by atoms with Gasteiger partial charge in [-0.3, -0.25) is 19.4 Å². The van der Waals surface area contributed by atoms with E-state index < -0.39 is 43.0 Å². The minimum Gasteiger partial charge on any atom is -0.490 e. The van der Waals surface area contributed by atoms with Crippen molar-refractivity contribution in [1.82, 2.24) is 14.8 Å². The molecule has 45 heavy (non-hydrogen) atoms. The van der Waals surface area contributed by atoms with E-state index >= 15 is 0 Å². The summed E-state index contributed by atoms with van der Waals surface area (Å²) in [6, 6.07) is 7.03. The van der Waals surface area contributed by atoms with Gasteiger partial charge in [0.2, 0.25) is 5.91 Å². The van der Waals surface area contributed by atoms with Crippen molar-refractivity contribution in [1.29, 1.82) is 0 Å². The van der Waals surface area contributed by atoms with Crippen molar-refractivity contribution in [3.63, 3.8) is 0 Å². The first-order valence-corrected chi connectivity index (χ1v) is 15.1. The number of nitrogens with one attached hydrogen (secondary N) is 1. The lowest BCUT2D eigenvalue weighted by atomic mass is 10.0. The standard InChI is InChI=1S/C32H43F3N4O6/c1-21-18-39(22(2)20-40)31(43)26-17-25(37-29(41)10-13-32(33,34)35)8-9-27(26)45-23(3)7-5-6-16-44-28(21)19-38(4)30(42)24-11-14-36-15-12-24/h8-9,11-12,14-15,17,21-23,28,40H,5-7,10,13,16,18-20H2,1-4H3,(H,37,41)/t21-,22-,23-,28+/m1/s1. The number of hydrogen-bond acceptors (Lipinski definition) is 7. The smallest absolute Gasteiger partial charge is 0.389 e.